The first kappa shape index (κ1) is 13.7. The fourth-order valence-electron chi connectivity index (χ4n) is 4.67. The highest BCUT2D eigenvalue weighted by molar-refractivity contribution is 6.24. The molecule has 0 unspecified atom stereocenters. The Morgan fingerprint density at radius 1 is 0.750 bits per heavy atom. The van der Waals surface area contributed by atoms with Crippen LogP contribution < -0.4 is 4.90 Å². The monoisotopic (exact) mass is 315 g/mol. The number of imide groups is 1. The van der Waals surface area contributed by atoms with E-state index < -0.39 is 0 Å². The van der Waals surface area contributed by atoms with Gasteiger partial charge in [0.2, 0.25) is 11.8 Å². The van der Waals surface area contributed by atoms with Gasteiger partial charge in [0, 0.05) is 5.56 Å². The van der Waals surface area contributed by atoms with Crippen LogP contribution in [-0.4, -0.2) is 11.8 Å². The molecule has 0 radical (unpaired) electrons. The summed E-state index contributed by atoms with van der Waals surface area (Å²) in [6.45, 7) is 0. The van der Waals surface area contributed by atoms with E-state index in [0.29, 0.717) is 5.69 Å². The molecule has 4 atom stereocenters. The minimum atomic E-state index is -0.156. The number of rotatable bonds is 2. The van der Waals surface area contributed by atoms with E-state index in [1.165, 1.54) is 4.90 Å². The number of allylic oxidation sites excluding steroid dienone is 2. The Kier molecular flexibility index (Phi) is 2.81. The summed E-state index contributed by atoms with van der Waals surface area (Å²) in [6.07, 6.45) is 5.22. The van der Waals surface area contributed by atoms with Crippen LogP contribution >= 0.6 is 0 Å². The lowest BCUT2D eigenvalue weighted by Crippen LogP contribution is -2.33. The fourth-order valence-corrected chi connectivity index (χ4v) is 4.67. The Bertz CT molecular complexity index is 840. The number of carbonyl (C=O) groups excluding carboxylic acids is 2. The van der Waals surface area contributed by atoms with E-state index in [-0.39, 0.29) is 35.5 Å². The van der Waals surface area contributed by atoms with Crippen molar-refractivity contribution in [1.29, 1.82) is 0 Å². The van der Waals surface area contributed by atoms with Gasteiger partial charge < -0.3 is 0 Å². The summed E-state index contributed by atoms with van der Waals surface area (Å²) in [7, 11) is 0. The highest BCUT2D eigenvalue weighted by Crippen LogP contribution is 2.53. The highest BCUT2D eigenvalue weighted by Gasteiger charge is 2.59. The summed E-state index contributed by atoms with van der Waals surface area (Å²) in [4.78, 5) is 27.5. The molecule has 1 saturated heterocycles. The SMILES string of the molecule is O=C1[C@@H]2[C@@H](C(=O)N1c1ccccc1-c1ccccc1)[C@H]1C=C[C@@H]2C1. The van der Waals surface area contributed by atoms with E-state index in [4.69, 9.17) is 0 Å². The van der Waals surface area contributed by atoms with Crippen molar-refractivity contribution in [3.63, 3.8) is 0 Å². The third-order valence-corrected chi connectivity index (χ3v) is 5.70. The Morgan fingerprint density at radius 2 is 1.33 bits per heavy atom. The number of para-hydroxylation sites is 1. The van der Waals surface area contributed by atoms with Gasteiger partial charge >= 0.3 is 0 Å². The molecule has 0 aromatic heterocycles. The standard InChI is InChI=1S/C21H17NO2/c23-20-18-14-10-11-15(12-14)19(18)21(24)22(20)17-9-5-4-8-16(17)13-6-2-1-3-7-13/h1-11,14-15,18-19H,12H2/t14-,15+,18-,19-/m0/s1. The number of nitrogens with zero attached hydrogens (tertiary/aromatic N) is 1. The molecule has 118 valence electrons. The maximum atomic E-state index is 13.0. The van der Waals surface area contributed by atoms with Crippen molar-refractivity contribution in [3.8, 4) is 11.1 Å². The number of hydrogen-bond donors (Lipinski definition) is 0. The number of carbonyl (C=O) groups is 2. The lowest BCUT2D eigenvalue weighted by atomic mass is 9.85. The second kappa shape index (κ2) is 4.91. The Hall–Kier alpha value is -2.68. The summed E-state index contributed by atoms with van der Waals surface area (Å²) in [5, 5.41) is 0. The van der Waals surface area contributed by atoms with Crippen molar-refractivity contribution in [1.82, 2.24) is 0 Å². The molecule has 0 N–H and O–H groups in total. The molecule has 3 nitrogen and oxygen atoms in total. The van der Waals surface area contributed by atoms with Gasteiger partial charge in [0.25, 0.3) is 0 Å². The lowest BCUT2D eigenvalue weighted by Gasteiger charge is -2.20. The molecule has 2 bridgehead atoms. The van der Waals surface area contributed by atoms with Crippen molar-refractivity contribution >= 4 is 17.5 Å². The number of amides is 2. The fraction of sp³-hybridized carbons (Fsp3) is 0.238. The Labute approximate surface area is 140 Å². The molecule has 0 spiro atoms. The molecule has 1 aliphatic heterocycles. The zero-order valence-corrected chi connectivity index (χ0v) is 13.1. The van der Waals surface area contributed by atoms with Crippen LogP contribution in [0.2, 0.25) is 0 Å². The van der Waals surface area contributed by atoms with Gasteiger partial charge in [-0.05, 0) is 29.9 Å². The van der Waals surface area contributed by atoms with E-state index in [9.17, 15) is 9.59 Å². The second-order valence-electron chi connectivity index (χ2n) is 6.89. The van der Waals surface area contributed by atoms with Gasteiger partial charge in [-0.2, -0.15) is 0 Å². The zero-order valence-electron chi connectivity index (χ0n) is 13.1. The first-order valence-corrected chi connectivity index (χ1v) is 8.46. The van der Waals surface area contributed by atoms with E-state index in [0.717, 1.165) is 17.5 Å². The third-order valence-electron chi connectivity index (χ3n) is 5.70. The van der Waals surface area contributed by atoms with Gasteiger partial charge in [0.15, 0.2) is 0 Å². The topological polar surface area (TPSA) is 37.4 Å². The average molecular weight is 315 g/mol. The van der Waals surface area contributed by atoms with Crippen LogP contribution in [0, 0.1) is 23.7 Å². The predicted octanol–water partition coefficient (Wildman–Crippen LogP) is 3.67. The quantitative estimate of drug-likeness (QED) is 0.626. The number of anilines is 1. The molecule has 5 rings (SSSR count). The molecule has 3 aliphatic rings. The molecular weight excluding hydrogens is 298 g/mol. The summed E-state index contributed by atoms with van der Waals surface area (Å²) in [5.41, 5.74) is 2.67. The lowest BCUT2D eigenvalue weighted by molar-refractivity contribution is -0.123. The van der Waals surface area contributed by atoms with Crippen LogP contribution in [0.4, 0.5) is 5.69 Å². The maximum Gasteiger partial charge on any atom is 0.238 e. The smallest absolute Gasteiger partial charge is 0.238 e. The van der Waals surface area contributed by atoms with Crippen LogP contribution in [0.3, 0.4) is 0 Å². The summed E-state index contributed by atoms with van der Waals surface area (Å²) < 4.78 is 0. The normalized spacial score (nSPS) is 30.2. The number of hydrogen-bond acceptors (Lipinski definition) is 2. The van der Waals surface area contributed by atoms with Crippen molar-refractivity contribution in [2.24, 2.45) is 23.7 Å². The maximum absolute atomic E-state index is 13.0. The van der Waals surface area contributed by atoms with Crippen molar-refractivity contribution < 1.29 is 9.59 Å². The number of fused-ring (bicyclic) bond motifs is 5. The molecular formula is C21H17NO2. The molecule has 2 fully saturated rings. The summed E-state index contributed by atoms with van der Waals surface area (Å²) >= 11 is 0. The minimum Gasteiger partial charge on any atom is -0.274 e. The average Bonchev–Trinajstić information content (AvgIpc) is 3.30. The van der Waals surface area contributed by atoms with E-state index >= 15 is 0 Å². The summed E-state index contributed by atoms with van der Waals surface area (Å²) in [6, 6.07) is 17.6. The molecule has 2 aromatic carbocycles. The first-order valence-electron chi connectivity index (χ1n) is 8.46. The zero-order chi connectivity index (χ0) is 16.3. The Balaban J connectivity index is 1.61. The number of benzene rings is 2. The van der Waals surface area contributed by atoms with Crippen LogP contribution in [0.1, 0.15) is 6.42 Å². The molecule has 2 amide bonds. The third kappa shape index (κ3) is 1.72. The molecule has 1 saturated carbocycles. The van der Waals surface area contributed by atoms with E-state index in [1.807, 2.05) is 54.6 Å². The van der Waals surface area contributed by atoms with Crippen LogP contribution in [0.25, 0.3) is 11.1 Å². The van der Waals surface area contributed by atoms with Gasteiger partial charge in [-0.1, -0.05) is 60.7 Å². The van der Waals surface area contributed by atoms with Gasteiger partial charge in [0.05, 0.1) is 17.5 Å². The molecule has 1 heterocycles. The molecule has 3 heteroatoms. The van der Waals surface area contributed by atoms with Gasteiger partial charge in [-0.3, -0.25) is 9.59 Å². The van der Waals surface area contributed by atoms with Gasteiger partial charge in [-0.25, -0.2) is 4.90 Å². The van der Waals surface area contributed by atoms with Crippen LogP contribution in [0.15, 0.2) is 66.7 Å². The van der Waals surface area contributed by atoms with E-state index in [2.05, 4.69) is 12.2 Å². The molecule has 24 heavy (non-hydrogen) atoms. The minimum absolute atomic E-state index is 0.0229. The van der Waals surface area contributed by atoms with Gasteiger partial charge in [-0.15, -0.1) is 0 Å². The first-order chi connectivity index (χ1) is 11.8. The second-order valence-corrected chi connectivity index (χ2v) is 6.89. The van der Waals surface area contributed by atoms with Crippen molar-refractivity contribution in [3.05, 3.63) is 66.7 Å². The highest BCUT2D eigenvalue weighted by atomic mass is 16.2. The van der Waals surface area contributed by atoms with Crippen LogP contribution in [0.5, 0.6) is 0 Å². The summed E-state index contributed by atoms with van der Waals surface area (Å²) in [5.74, 6) is 0.124. The predicted molar refractivity (Wildman–Crippen MR) is 92.1 cm³/mol. The Morgan fingerprint density at radius 3 is 2.00 bits per heavy atom. The molecule has 2 aromatic rings. The van der Waals surface area contributed by atoms with E-state index in [1.54, 1.807) is 0 Å². The molecule has 2 aliphatic carbocycles. The van der Waals surface area contributed by atoms with Crippen molar-refractivity contribution in [2.45, 2.75) is 6.42 Å². The largest absolute Gasteiger partial charge is 0.274 e. The van der Waals surface area contributed by atoms with Crippen molar-refractivity contribution in [2.75, 3.05) is 4.90 Å². The van der Waals surface area contributed by atoms with Gasteiger partial charge in [0.1, 0.15) is 0 Å². The van der Waals surface area contributed by atoms with Crippen LogP contribution in [-0.2, 0) is 9.59 Å².